The number of nitrogens with zero attached hydrogens (tertiary/aromatic N) is 4. The summed E-state index contributed by atoms with van der Waals surface area (Å²) in [4.78, 5) is 2.25. The average molecular weight is 360 g/mol. The number of benzene rings is 1. The van der Waals surface area contributed by atoms with Crippen LogP contribution in [-0.2, 0) is 9.47 Å². The summed E-state index contributed by atoms with van der Waals surface area (Å²) in [6.07, 6.45) is 3.91. The fraction of sp³-hybridized carbons (Fsp3) is 0.556. The molecule has 0 unspecified atom stereocenters. The topological polar surface area (TPSA) is 52.4 Å². The fourth-order valence-corrected chi connectivity index (χ4v) is 4.25. The normalized spacial score (nSPS) is 21.4. The molecule has 0 radical (unpaired) electrons. The lowest BCUT2D eigenvalue weighted by atomic mass is 10.1. The van der Waals surface area contributed by atoms with Crippen LogP contribution in [0.1, 0.15) is 19.3 Å². The van der Waals surface area contributed by atoms with Crippen molar-refractivity contribution < 1.29 is 9.47 Å². The van der Waals surface area contributed by atoms with Crippen LogP contribution >= 0.6 is 11.8 Å². The van der Waals surface area contributed by atoms with Gasteiger partial charge in [-0.25, -0.2) is 0 Å². The molecule has 2 fully saturated rings. The molecule has 4 rings (SSSR count). The van der Waals surface area contributed by atoms with E-state index in [-0.39, 0.29) is 0 Å². The van der Waals surface area contributed by atoms with Crippen molar-refractivity contribution in [2.75, 3.05) is 43.6 Å². The summed E-state index contributed by atoms with van der Waals surface area (Å²) >= 11 is 1.74. The molecule has 2 aliphatic rings. The van der Waals surface area contributed by atoms with Crippen molar-refractivity contribution in [2.24, 2.45) is 0 Å². The van der Waals surface area contributed by atoms with Crippen LogP contribution in [0.5, 0.6) is 0 Å². The van der Waals surface area contributed by atoms with E-state index in [2.05, 4.69) is 43.9 Å². The summed E-state index contributed by atoms with van der Waals surface area (Å²) in [6, 6.07) is 10.3. The molecular formula is C18H24N4O2S. The van der Waals surface area contributed by atoms with Gasteiger partial charge in [0.1, 0.15) is 0 Å². The third-order valence-electron chi connectivity index (χ3n) is 4.60. The first-order valence-electron chi connectivity index (χ1n) is 9.00. The maximum atomic E-state index is 5.86. The summed E-state index contributed by atoms with van der Waals surface area (Å²) in [5.41, 5.74) is 1.10. The van der Waals surface area contributed by atoms with Gasteiger partial charge in [-0.3, -0.25) is 4.57 Å². The molecule has 7 heteroatoms. The number of hydrogen-bond donors (Lipinski definition) is 0. The second-order valence-corrected chi connectivity index (χ2v) is 7.34. The maximum absolute atomic E-state index is 5.86. The van der Waals surface area contributed by atoms with Crippen LogP contribution in [0.2, 0.25) is 0 Å². The van der Waals surface area contributed by atoms with Gasteiger partial charge in [0.05, 0.1) is 25.0 Å². The summed E-state index contributed by atoms with van der Waals surface area (Å²) in [6.45, 7) is 4.05. The number of hydrogen-bond acceptors (Lipinski definition) is 6. The third kappa shape index (κ3) is 3.99. The Labute approximate surface area is 152 Å². The maximum Gasteiger partial charge on any atom is 0.232 e. The quantitative estimate of drug-likeness (QED) is 0.764. The molecule has 3 heterocycles. The molecule has 0 aliphatic carbocycles. The Bertz CT molecular complexity index is 667. The molecule has 1 atom stereocenters. The second-order valence-electron chi connectivity index (χ2n) is 6.35. The van der Waals surface area contributed by atoms with Crippen LogP contribution in [0.3, 0.4) is 0 Å². The molecule has 0 spiro atoms. The fourth-order valence-electron chi connectivity index (χ4n) is 3.23. The number of aromatic nitrogens is 3. The Morgan fingerprint density at radius 1 is 1.04 bits per heavy atom. The van der Waals surface area contributed by atoms with Gasteiger partial charge in [-0.15, -0.1) is 10.2 Å². The number of morpholine rings is 1. The van der Waals surface area contributed by atoms with Crippen LogP contribution in [0.25, 0.3) is 5.69 Å². The van der Waals surface area contributed by atoms with E-state index in [1.165, 1.54) is 12.8 Å². The van der Waals surface area contributed by atoms with Crippen molar-refractivity contribution in [3.63, 3.8) is 0 Å². The van der Waals surface area contributed by atoms with E-state index in [4.69, 9.17) is 9.47 Å². The summed E-state index contributed by atoms with van der Waals surface area (Å²) in [5, 5.41) is 9.92. The molecule has 2 saturated heterocycles. The SMILES string of the molecule is c1ccc(-n2c(SC[C@H]3CCCCO3)nnc2N2CCOCC2)cc1. The molecule has 0 saturated carbocycles. The largest absolute Gasteiger partial charge is 0.378 e. The minimum absolute atomic E-state index is 0.325. The van der Waals surface area contributed by atoms with E-state index in [0.717, 1.165) is 61.9 Å². The van der Waals surface area contributed by atoms with Crippen LogP contribution in [0.4, 0.5) is 5.95 Å². The first-order valence-corrected chi connectivity index (χ1v) is 9.98. The van der Waals surface area contributed by atoms with Gasteiger partial charge >= 0.3 is 0 Å². The van der Waals surface area contributed by atoms with Gasteiger partial charge in [0, 0.05) is 25.4 Å². The van der Waals surface area contributed by atoms with Crippen LogP contribution < -0.4 is 4.90 Å². The Hall–Kier alpha value is -1.57. The molecule has 134 valence electrons. The van der Waals surface area contributed by atoms with Gasteiger partial charge in [0.25, 0.3) is 0 Å². The van der Waals surface area contributed by atoms with E-state index in [1.807, 2.05) is 6.07 Å². The van der Waals surface area contributed by atoms with Crippen molar-refractivity contribution >= 4 is 17.7 Å². The van der Waals surface area contributed by atoms with Crippen LogP contribution in [-0.4, -0.2) is 59.5 Å². The lowest BCUT2D eigenvalue weighted by Crippen LogP contribution is -2.37. The monoisotopic (exact) mass is 360 g/mol. The van der Waals surface area contributed by atoms with Crippen LogP contribution in [0, 0.1) is 0 Å². The Morgan fingerprint density at radius 2 is 1.88 bits per heavy atom. The second kappa shape index (κ2) is 8.21. The van der Waals surface area contributed by atoms with E-state index < -0.39 is 0 Å². The van der Waals surface area contributed by atoms with Gasteiger partial charge in [-0.2, -0.15) is 0 Å². The number of para-hydroxylation sites is 1. The van der Waals surface area contributed by atoms with Crippen molar-refractivity contribution in [3.05, 3.63) is 30.3 Å². The van der Waals surface area contributed by atoms with E-state index in [9.17, 15) is 0 Å². The van der Waals surface area contributed by atoms with Crippen molar-refractivity contribution in [2.45, 2.75) is 30.5 Å². The van der Waals surface area contributed by atoms with Crippen molar-refractivity contribution in [3.8, 4) is 5.69 Å². The van der Waals surface area contributed by atoms with Crippen LogP contribution in [0.15, 0.2) is 35.5 Å². The molecule has 6 nitrogen and oxygen atoms in total. The average Bonchev–Trinajstić information content (AvgIpc) is 3.12. The van der Waals surface area contributed by atoms with Gasteiger partial charge < -0.3 is 14.4 Å². The Morgan fingerprint density at radius 3 is 2.64 bits per heavy atom. The molecule has 2 aromatic rings. The number of thioether (sulfide) groups is 1. The molecule has 0 bridgehead atoms. The smallest absolute Gasteiger partial charge is 0.232 e. The minimum Gasteiger partial charge on any atom is -0.378 e. The van der Waals surface area contributed by atoms with E-state index in [1.54, 1.807) is 11.8 Å². The third-order valence-corrected chi connectivity index (χ3v) is 5.66. The van der Waals surface area contributed by atoms with Gasteiger partial charge in [-0.1, -0.05) is 30.0 Å². The molecule has 1 aromatic heterocycles. The molecule has 0 amide bonds. The standard InChI is InChI=1S/C18H24N4O2S/c1-2-6-15(7-3-1)22-17(21-9-12-23-13-10-21)19-20-18(22)25-14-16-8-4-5-11-24-16/h1-3,6-7,16H,4-5,8-14H2/t16-/m1/s1. The summed E-state index contributed by atoms with van der Waals surface area (Å²) in [5.74, 6) is 1.83. The van der Waals surface area contributed by atoms with Gasteiger partial charge in [0.2, 0.25) is 5.95 Å². The first-order chi connectivity index (χ1) is 12.4. The predicted molar refractivity (Wildman–Crippen MR) is 98.7 cm³/mol. The van der Waals surface area contributed by atoms with Gasteiger partial charge in [-0.05, 0) is 31.4 Å². The summed E-state index contributed by atoms with van der Waals surface area (Å²) < 4.78 is 13.5. The molecule has 2 aliphatic heterocycles. The highest BCUT2D eigenvalue weighted by atomic mass is 32.2. The van der Waals surface area contributed by atoms with Crippen molar-refractivity contribution in [1.82, 2.24) is 14.8 Å². The molecule has 1 aromatic carbocycles. The Balaban J connectivity index is 1.58. The zero-order chi connectivity index (χ0) is 16.9. The zero-order valence-electron chi connectivity index (χ0n) is 14.3. The predicted octanol–water partition coefficient (Wildman–Crippen LogP) is 2.77. The highest BCUT2D eigenvalue weighted by Gasteiger charge is 2.23. The molecule has 25 heavy (non-hydrogen) atoms. The molecule has 0 N–H and O–H groups in total. The highest BCUT2D eigenvalue weighted by molar-refractivity contribution is 7.99. The number of rotatable bonds is 5. The number of anilines is 1. The Kier molecular flexibility index (Phi) is 5.54. The summed E-state index contributed by atoms with van der Waals surface area (Å²) in [7, 11) is 0. The lowest BCUT2D eigenvalue weighted by molar-refractivity contribution is 0.0315. The van der Waals surface area contributed by atoms with Gasteiger partial charge in [0.15, 0.2) is 5.16 Å². The highest BCUT2D eigenvalue weighted by Crippen LogP contribution is 2.29. The zero-order valence-corrected chi connectivity index (χ0v) is 15.2. The first kappa shape index (κ1) is 16.9. The van der Waals surface area contributed by atoms with Crippen molar-refractivity contribution in [1.29, 1.82) is 0 Å². The molecular weight excluding hydrogens is 336 g/mol. The number of ether oxygens (including phenoxy) is 2. The lowest BCUT2D eigenvalue weighted by Gasteiger charge is -2.28. The van der Waals surface area contributed by atoms with E-state index in [0.29, 0.717) is 6.10 Å². The minimum atomic E-state index is 0.325. The van der Waals surface area contributed by atoms with E-state index >= 15 is 0 Å².